The monoisotopic (exact) mass is 389 g/mol. The number of hydrogen-bond donors (Lipinski definition) is 2. The van der Waals surface area contributed by atoms with Gasteiger partial charge in [0.05, 0.1) is 5.69 Å². The largest absolute Gasteiger partial charge is 0.455 e. The Hall–Kier alpha value is -3.67. The average molecular weight is 389 g/mol. The molecule has 0 aliphatic rings. The van der Waals surface area contributed by atoms with Crippen LogP contribution < -0.4 is 15.4 Å². The van der Waals surface area contributed by atoms with Crippen LogP contribution in [0.3, 0.4) is 0 Å². The van der Waals surface area contributed by atoms with Crippen molar-refractivity contribution in [2.45, 2.75) is 26.3 Å². The highest BCUT2D eigenvalue weighted by atomic mass is 16.5. The van der Waals surface area contributed by atoms with Gasteiger partial charge in [-0.15, -0.1) is 0 Å². The van der Waals surface area contributed by atoms with Gasteiger partial charge in [0.15, 0.2) is 5.75 Å². The number of benzene rings is 2. The van der Waals surface area contributed by atoms with Crippen molar-refractivity contribution in [2.24, 2.45) is 0 Å². The Morgan fingerprint density at radius 3 is 2.28 bits per heavy atom. The van der Waals surface area contributed by atoms with E-state index in [9.17, 15) is 9.59 Å². The van der Waals surface area contributed by atoms with Crippen molar-refractivity contribution >= 4 is 17.5 Å². The number of nitrogens with one attached hydrogen (secondary N) is 2. The second-order valence-electron chi connectivity index (χ2n) is 6.56. The Labute approximate surface area is 169 Å². The lowest BCUT2D eigenvalue weighted by Crippen LogP contribution is -2.32. The second-order valence-corrected chi connectivity index (χ2v) is 6.56. The first kappa shape index (κ1) is 20.1. The van der Waals surface area contributed by atoms with Gasteiger partial charge in [0.25, 0.3) is 11.8 Å². The number of rotatable bonds is 7. The standard InChI is InChI=1S/C23H23N3O3/c1-3-16(2)24-22(27)19-13-9-14-20(25-19)23(28)26-18-12-7-8-15-21(18)29-17-10-5-4-6-11-17/h4-16H,3H2,1-2H3,(H,24,27)(H,26,28). The number of pyridine rings is 1. The molecule has 2 amide bonds. The van der Waals surface area contributed by atoms with Crippen molar-refractivity contribution in [3.63, 3.8) is 0 Å². The van der Waals surface area contributed by atoms with Crippen LogP contribution in [-0.4, -0.2) is 22.8 Å². The molecule has 0 fully saturated rings. The first-order valence-corrected chi connectivity index (χ1v) is 9.48. The van der Waals surface area contributed by atoms with E-state index < -0.39 is 5.91 Å². The summed E-state index contributed by atoms with van der Waals surface area (Å²) in [4.78, 5) is 29.2. The molecule has 0 saturated carbocycles. The Morgan fingerprint density at radius 2 is 1.55 bits per heavy atom. The summed E-state index contributed by atoms with van der Waals surface area (Å²) in [5.41, 5.74) is 0.862. The third kappa shape index (κ3) is 5.42. The maximum absolute atomic E-state index is 12.7. The highest BCUT2D eigenvalue weighted by Crippen LogP contribution is 2.29. The Morgan fingerprint density at radius 1 is 0.897 bits per heavy atom. The summed E-state index contributed by atoms with van der Waals surface area (Å²) in [6.07, 6.45) is 0.810. The number of amides is 2. The normalized spacial score (nSPS) is 11.4. The van der Waals surface area contributed by atoms with Gasteiger partial charge in [-0.05, 0) is 49.7 Å². The van der Waals surface area contributed by atoms with E-state index in [4.69, 9.17) is 4.74 Å². The molecule has 2 aromatic carbocycles. The minimum Gasteiger partial charge on any atom is -0.455 e. The van der Waals surface area contributed by atoms with Crippen molar-refractivity contribution in [3.8, 4) is 11.5 Å². The Balaban J connectivity index is 1.76. The van der Waals surface area contributed by atoms with E-state index in [1.54, 1.807) is 36.4 Å². The minimum absolute atomic E-state index is 0.0313. The summed E-state index contributed by atoms with van der Waals surface area (Å²) in [6.45, 7) is 3.90. The van der Waals surface area contributed by atoms with Gasteiger partial charge in [-0.2, -0.15) is 0 Å². The number of nitrogens with zero attached hydrogens (tertiary/aromatic N) is 1. The molecule has 0 spiro atoms. The molecule has 148 valence electrons. The zero-order chi connectivity index (χ0) is 20.6. The fourth-order valence-corrected chi connectivity index (χ4v) is 2.55. The minimum atomic E-state index is -0.424. The third-order valence-corrected chi connectivity index (χ3v) is 4.31. The van der Waals surface area contributed by atoms with Crippen molar-refractivity contribution in [3.05, 3.63) is 84.2 Å². The number of hydrogen-bond acceptors (Lipinski definition) is 4. The lowest BCUT2D eigenvalue weighted by atomic mass is 10.2. The summed E-state index contributed by atoms with van der Waals surface area (Å²) in [5.74, 6) is 0.447. The highest BCUT2D eigenvalue weighted by Gasteiger charge is 2.15. The average Bonchev–Trinajstić information content (AvgIpc) is 2.75. The van der Waals surface area contributed by atoms with Gasteiger partial charge < -0.3 is 15.4 Å². The maximum atomic E-state index is 12.7. The molecular weight excluding hydrogens is 366 g/mol. The van der Waals surface area contributed by atoms with Gasteiger partial charge in [0.1, 0.15) is 17.1 Å². The molecule has 3 aromatic rings. The molecule has 0 bridgehead atoms. The van der Waals surface area contributed by atoms with Gasteiger partial charge in [-0.3, -0.25) is 9.59 Å². The number of aromatic nitrogens is 1. The van der Waals surface area contributed by atoms with Gasteiger partial charge in [0, 0.05) is 6.04 Å². The van der Waals surface area contributed by atoms with Crippen molar-refractivity contribution in [1.82, 2.24) is 10.3 Å². The zero-order valence-corrected chi connectivity index (χ0v) is 16.4. The molecule has 0 radical (unpaired) electrons. The number of ether oxygens (including phenoxy) is 1. The predicted octanol–water partition coefficient (Wildman–Crippen LogP) is 4.65. The van der Waals surface area contributed by atoms with Crippen LogP contribution in [0.4, 0.5) is 5.69 Å². The molecule has 0 saturated heterocycles. The van der Waals surface area contributed by atoms with Crippen LogP contribution in [0.5, 0.6) is 11.5 Å². The first-order valence-electron chi connectivity index (χ1n) is 9.48. The van der Waals surface area contributed by atoms with Gasteiger partial charge in [-0.1, -0.05) is 43.3 Å². The summed E-state index contributed by atoms with van der Waals surface area (Å²) in [7, 11) is 0. The number of para-hydroxylation sites is 3. The summed E-state index contributed by atoms with van der Waals surface area (Å²) in [6, 6.07) is 21.3. The van der Waals surface area contributed by atoms with Crippen molar-refractivity contribution < 1.29 is 14.3 Å². The predicted molar refractivity (Wildman–Crippen MR) is 112 cm³/mol. The Bertz CT molecular complexity index is 989. The zero-order valence-electron chi connectivity index (χ0n) is 16.4. The van der Waals surface area contributed by atoms with Crippen LogP contribution in [-0.2, 0) is 0 Å². The number of anilines is 1. The SMILES string of the molecule is CCC(C)NC(=O)c1cccc(C(=O)Nc2ccccc2Oc2ccccc2)n1. The fourth-order valence-electron chi connectivity index (χ4n) is 2.55. The molecule has 0 aliphatic carbocycles. The lowest BCUT2D eigenvalue weighted by molar-refractivity contribution is 0.0934. The van der Waals surface area contributed by atoms with E-state index in [2.05, 4.69) is 15.6 Å². The van der Waals surface area contributed by atoms with Gasteiger partial charge in [0.2, 0.25) is 0 Å². The van der Waals surface area contributed by atoms with E-state index in [0.717, 1.165) is 6.42 Å². The summed E-state index contributed by atoms with van der Waals surface area (Å²) in [5, 5.41) is 5.65. The molecule has 1 heterocycles. The van der Waals surface area contributed by atoms with E-state index in [1.807, 2.05) is 50.2 Å². The molecule has 6 nitrogen and oxygen atoms in total. The molecule has 29 heavy (non-hydrogen) atoms. The fraction of sp³-hybridized carbons (Fsp3) is 0.174. The van der Waals surface area contributed by atoms with Crippen molar-refractivity contribution in [2.75, 3.05) is 5.32 Å². The molecular formula is C23H23N3O3. The van der Waals surface area contributed by atoms with E-state index in [0.29, 0.717) is 17.2 Å². The molecule has 0 aliphatic heterocycles. The highest BCUT2D eigenvalue weighted by molar-refractivity contribution is 6.04. The molecule has 1 atom stereocenters. The number of carbonyl (C=O) groups is 2. The lowest BCUT2D eigenvalue weighted by Gasteiger charge is -2.13. The van der Waals surface area contributed by atoms with Gasteiger partial charge in [-0.25, -0.2) is 4.98 Å². The topological polar surface area (TPSA) is 80.3 Å². The van der Waals surface area contributed by atoms with Crippen LogP contribution in [0.25, 0.3) is 0 Å². The molecule has 2 N–H and O–H groups in total. The number of carbonyl (C=O) groups excluding carboxylic acids is 2. The first-order chi connectivity index (χ1) is 14.1. The molecule has 1 unspecified atom stereocenters. The Kier molecular flexibility index (Phi) is 6.58. The van der Waals surface area contributed by atoms with E-state index in [1.165, 1.54) is 0 Å². The molecule has 1 aromatic heterocycles. The van der Waals surface area contributed by atoms with Gasteiger partial charge >= 0.3 is 0 Å². The van der Waals surface area contributed by atoms with Crippen LogP contribution in [0, 0.1) is 0 Å². The molecule has 6 heteroatoms. The van der Waals surface area contributed by atoms with Crippen LogP contribution in [0.2, 0.25) is 0 Å². The molecule has 3 rings (SSSR count). The van der Waals surface area contributed by atoms with Crippen LogP contribution in [0.1, 0.15) is 41.2 Å². The smallest absolute Gasteiger partial charge is 0.274 e. The summed E-state index contributed by atoms with van der Waals surface area (Å²) < 4.78 is 5.87. The maximum Gasteiger partial charge on any atom is 0.274 e. The third-order valence-electron chi connectivity index (χ3n) is 4.31. The quantitative estimate of drug-likeness (QED) is 0.616. The second kappa shape index (κ2) is 9.50. The van der Waals surface area contributed by atoms with Crippen LogP contribution in [0.15, 0.2) is 72.8 Å². The van der Waals surface area contributed by atoms with Crippen LogP contribution >= 0.6 is 0 Å². The van der Waals surface area contributed by atoms with E-state index in [-0.39, 0.29) is 23.3 Å². The van der Waals surface area contributed by atoms with E-state index >= 15 is 0 Å². The van der Waals surface area contributed by atoms with Crippen molar-refractivity contribution in [1.29, 1.82) is 0 Å². The summed E-state index contributed by atoms with van der Waals surface area (Å²) >= 11 is 0.